The van der Waals surface area contributed by atoms with E-state index in [9.17, 15) is 0 Å². The molecule has 0 radical (unpaired) electrons. The first-order valence-corrected chi connectivity index (χ1v) is 6.81. The molecule has 0 aromatic rings. The first kappa shape index (κ1) is 11.0. The molecule has 1 aliphatic carbocycles. The summed E-state index contributed by atoms with van der Waals surface area (Å²) in [4.78, 5) is 0. The molecule has 2 atom stereocenters. The van der Waals surface area contributed by atoms with E-state index >= 15 is 0 Å². The summed E-state index contributed by atoms with van der Waals surface area (Å²) in [5.41, 5.74) is 0.280. The highest BCUT2D eigenvalue weighted by Crippen LogP contribution is 2.42. The predicted molar refractivity (Wildman–Crippen MR) is 62.5 cm³/mol. The molecule has 2 aliphatic heterocycles. The fourth-order valence-corrected chi connectivity index (χ4v) is 3.20. The van der Waals surface area contributed by atoms with Gasteiger partial charge in [0, 0.05) is 25.8 Å². The van der Waals surface area contributed by atoms with Gasteiger partial charge in [0.05, 0.1) is 12.2 Å². The van der Waals surface area contributed by atoms with Gasteiger partial charge in [-0.25, -0.2) is 0 Å². The van der Waals surface area contributed by atoms with E-state index in [4.69, 9.17) is 9.47 Å². The largest absolute Gasteiger partial charge is 0.381 e. The molecular weight excluding hydrogens is 202 g/mol. The Labute approximate surface area is 97.9 Å². The summed E-state index contributed by atoms with van der Waals surface area (Å²) in [6, 6.07) is 0.689. The minimum atomic E-state index is 0.280. The van der Waals surface area contributed by atoms with Gasteiger partial charge in [-0.15, -0.1) is 0 Å². The zero-order valence-electron chi connectivity index (χ0n) is 10.0. The van der Waals surface area contributed by atoms with Crippen LogP contribution in [0.5, 0.6) is 0 Å². The van der Waals surface area contributed by atoms with E-state index in [0.717, 1.165) is 32.3 Å². The van der Waals surface area contributed by atoms with Crippen LogP contribution >= 0.6 is 0 Å². The van der Waals surface area contributed by atoms with E-state index in [1.165, 1.54) is 38.5 Å². The number of rotatable bonds is 3. The van der Waals surface area contributed by atoms with Crippen molar-refractivity contribution in [1.29, 1.82) is 0 Å². The highest BCUT2D eigenvalue weighted by atomic mass is 16.5. The van der Waals surface area contributed by atoms with Crippen molar-refractivity contribution in [3.8, 4) is 0 Å². The summed E-state index contributed by atoms with van der Waals surface area (Å²) in [5, 5.41) is 3.73. The molecule has 1 saturated carbocycles. The second-order valence-corrected chi connectivity index (χ2v) is 5.71. The maximum atomic E-state index is 5.94. The summed E-state index contributed by atoms with van der Waals surface area (Å²) in [6.07, 6.45) is 7.61. The Hall–Kier alpha value is -0.120. The van der Waals surface area contributed by atoms with Crippen LogP contribution in [0, 0.1) is 5.92 Å². The lowest BCUT2D eigenvalue weighted by molar-refractivity contribution is -0.135. The summed E-state index contributed by atoms with van der Waals surface area (Å²) in [6.45, 7) is 4.02. The minimum Gasteiger partial charge on any atom is -0.381 e. The maximum absolute atomic E-state index is 5.94. The molecule has 2 unspecified atom stereocenters. The first-order chi connectivity index (χ1) is 7.86. The van der Waals surface area contributed by atoms with Crippen LogP contribution in [0.1, 0.15) is 38.5 Å². The van der Waals surface area contributed by atoms with Gasteiger partial charge in [0.1, 0.15) is 0 Å². The third kappa shape index (κ3) is 2.27. The normalized spacial score (nSPS) is 37.5. The van der Waals surface area contributed by atoms with Gasteiger partial charge in [0.25, 0.3) is 0 Å². The second-order valence-electron chi connectivity index (χ2n) is 5.71. The van der Waals surface area contributed by atoms with Gasteiger partial charge >= 0.3 is 0 Å². The summed E-state index contributed by atoms with van der Waals surface area (Å²) in [7, 11) is 0. The van der Waals surface area contributed by atoms with Gasteiger partial charge in [-0.2, -0.15) is 0 Å². The summed E-state index contributed by atoms with van der Waals surface area (Å²) < 4.78 is 11.3. The summed E-state index contributed by atoms with van der Waals surface area (Å²) >= 11 is 0. The maximum Gasteiger partial charge on any atom is 0.0697 e. The molecule has 1 spiro atoms. The molecule has 0 amide bonds. The Morgan fingerprint density at radius 3 is 2.81 bits per heavy atom. The Morgan fingerprint density at radius 2 is 2.12 bits per heavy atom. The van der Waals surface area contributed by atoms with E-state index in [2.05, 4.69) is 5.32 Å². The topological polar surface area (TPSA) is 30.5 Å². The van der Waals surface area contributed by atoms with E-state index < -0.39 is 0 Å². The Morgan fingerprint density at radius 1 is 1.19 bits per heavy atom. The Balaban J connectivity index is 1.43. The standard InChI is InChI=1S/C13H23NO2/c1-4-13(5-1)8-12(3-7-16-13)14-9-11-2-6-15-10-11/h11-12,14H,1-10H2. The second kappa shape index (κ2) is 4.63. The zero-order valence-corrected chi connectivity index (χ0v) is 10.0. The van der Waals surface area contributed by atoms with E-state index in [1.54, 1.807) is 0 Å². The SMILES string of the molecule is C1CC2(C1)CC(NCC1CCOC1)CCO2. The Bertz CT molecular complexity index is 234. The van der Waals surface area contributed by atoms with Crippen LogP contribution < -0.4 is 5.32 Å². The molecule has 2 saturated heterocycles. The fraction of sp³-hybridized carbons (Fsp3) is 1.00. The van der Waals surface area contributed by atoms with Crippen molar-refractivity contribution >= 4 is 0 Å². The highest BCUT2D eigenvalue weighted by molar-refractivity contribution is 4.96. The molecule has 92 valence electrons. The quantitative estimate of drug-likeness (QED) is 0.793. The molecule has 1 N–H and O–H groups in total. The number of hydrogen-bond acceptors (Lipinski definition) is 3. The molecule has 0 aromatic carbocycles. The van der Waals surface area contributed by atoms with Crippen molar-refractivity contribution < 1.29 is 9.47 Å². The summed E-state index contributed by atoms with van der Waals surface area (Å²) in [5.74, 6) is 0.750. The van der Waals surface area contributed by atoms with Gasteiger partial charge in [-0.3, -0.25) is 0 Å². The number of nitrogens with one attached hydrogen (secondary N) is 1. The average molecular weight is 225 g/mol. The van der Waals surface area contributed by atoms with Crippen LogP contribution in [0.4, 0.5) is 0 Å². The van der Waals surface area contributed by atoms with Gasteiger partial charge in [0.2, 0.25) is 0 Å². The molecule has 0 bridgehead atoms. The van der Waals surface area contributed by atoms with Crippen LogP contribution in [0.2, 0.25) is 0 Å². The molecule has 3 fully saturated rings. The molecule has 3 rings (SSSR count). The van der Waals surface area contributed by atoms with Crippen molar-refractivity contribution in [2.75, 3.05) is 26.4 Å². The van der Waals surface area contributed by atoms with Crippen LogP contribution in [0.25, 0.3) is 0 Å². The van der Waals surface area contributed by atoms with E-state index in [1.807, 2.05) is 0 Å². The monoisotopic (exact) mass is 225 g/mol. The van der Waals surface area contributed by atoms with Crippen molar-refractivity contribution in [3.63, 3.8) is 0 Å². The molecule has 0 aromatic heterocycles. The van der Waals surface area contributed by atoms with E-state index in [-0.39, 0.29) is 5.60 Å². The molecule has 3 nitrogen and oxygen atoms in total. The van der Waals surface area contributed by atoms with Crippen molar-refractivity contribution in [1.82, 2.24) is 5.32 Å². The van der Waals surface area contributed by atoms with Crippen molar-refractivity contribution in [2.45, 2.75) is 50.2 Å². The lowest BCUT2D eigenvalue weighted by atomic mass is 9.74. The number of ether oxygens (including phenoxy) is 2. The van der Waals surface area contributed by atoms with Gasteiger partial charge < -0.3 is 14.8 Å². The molecule has 3 aliphatic rings. The van der Waals surface area contributed by atoms with Crippen molar-refractivity contribution in [2.24, 2.45) is 5.92 Å². The molecule has 2 heterocycles. The minimum absolute atomic E-state index is 0.280. The van der Waals surface area contributed by atoms with Crippen LogP contribution in [0.3, 0.4) is 0 Å². The van der Waals surface area contributed by atoms with Gasteiger partial charge in [-0.05, 0) is 44.4 Å². The lowest BCUT2D eigenvalue weighted by Gasteiger charge is -2.47. The smallest absolute Gasteiger partial charge is 0.0697 e. The van der Waals surface area contributed by atoms with Crippen LogP contribution in [-0.4, -0.2) is 38.0 Å². The average Bonchev–Trinajstić information content (AvgIpc) is 2.77. The molecule has 3 heteroatoms. The van der Waals surface area contributed by atoms with Crippen molar-refractivity contribution in [3.05, 3.63) is 0 Å². The van der Waals surface area contributed by atoms with Gasteiger partial charge in [-0.1, -0.05) is 0 Å². The molecule has 16 heavy (non-hydrogen) atoms. The predicted octanol–water partition coefficient (Wildman–Crippen LogP) is 1.71. The fourth-order valence-electron chi connectivity index (χ4n) is 3.20. The molecular formula is C13H23NO2. The lowest BCUT2D eigenvalue weighted by Crippen LogP contribution is -2.51. The first-order valence-electron chi connectivity index (χ1n) is 6.81. The third-order valence-corrected chi connectivity index (χ3v) is 4.48. The highest BCUT2D eigenvalue weighted by Gasteiger charge is 2.42. The van der Waals surface area contributed by atoms with Crippen LogP contribution in [0.15, 0.2) is 0 Å². The zero-order chi connectivity index (χ0) is 10.8. The van der Waals surface area contributed by atoms with Gasteiger partial charge in [0.15, 0.2) is 0 Å². The third-order valence-electron chi connectivity index (χ3n) is 4.48. The number of hydrogen-bond donors (Lipinski definition) is 1. The van der Waals surface area contributed by atoms with Crippen LogP contribution in [-0.2, 0) is 9.47 Å². The Kier molecular flexibility index (Phi) is 3.18. The van der Waals surface area contributed by atoms with E-state index in [0.29, 0.717) is 6.04 Å².